The molecule has 2 N–H and O–H groups in total. The SMILES string of the molecule is CC(C)(C)NC(=O)O[C@@H]1CCN(C(=O)C(c2cccc(Cl)c2)C2(O)CCCCC2)C1. The van der Waals surface area contributed by atoms with E-state index in [1.807, 2.05) is 32.9 Å². The van der Waals surface area contributed by atoms with Crippen molar-refractivity contribution in [3.8, 4) is 0 Å². The van der Waals surface area contributed by atoms with Crippen molar-refractivity contribution in [2.45, 2.75) is 82.5 Å². The minimum Gasteiger partial charge on any atom is -0.444 e. The summed E-state index contributed by atoms with van der Waals surface area (Å²) in [6.45, 7) is 6.50. The lowest BCUT2D eigenvalue weighted by molar-refractivity contribution is -0.141. The van der Waals surface area contributed by atoms with Gasteiger partial charge < -0.3 is 20.1 Å². The fourth-order valence-corrected chi connectivity index (χ4v) is 4.71. The van der Waals surface area contributed by atoms with Crippen molar-refractivity contribution >= 4 is 23.6 Å². The van der Waals surface area contributed by atoms with Crippen molar-refractivity contribution in [1.82, 2.24) is 10.2 Å². The summed E-state index contributed by atoms with van der Waals surface area (Å²) in [5, 5.41) is 14.8. The minimum absolute atomic E-state index is 0.121. The molecule has 1 aliphatic heterocycles. The Morgan fingerprint density at radius 3 is 2.60 bits per heavy atom. The first-order chi connectivity index (χ1) is 14.1. The zero-order chi connectivity index (χ0) is 21.9. The Kier molecular flexibility index (Phi) is 6.98. The molecule has 2 amide bonds. The minimum atomic E-state index is -1.08. The average Bonchev–Trinajstić information content (AvgIpc) is 3.09. The largest absolute Gasteiger partial charge is 0.444 e. The molecule has 1 unspecified atom stereocenters. The van der Waals surface area contributed by atoms with Gasteiger partial charge in [-0.1, -0.05) is 43.0 Å². The smallest absolute Gasteiger partial charge is 0.407 e. The lowest BCUT2D eigenvalue weighted by Gasteiger charge is -2.40. The molecule has 166 valence electrons. The first kappa shape index (κ1) is 22.9. The zero-order valence-electron chi connectivity index (χ0n) is 18.1. The van der Waals surface area contributed by atoms with Crippen molar-refractivity contribution in [2.24, 2.45) is 0 Å². The highest BCUT2D eigenvalue weighted by Gasteiger charge is 2.46. The average molecular weight is 437 g/mol. The predicted octanol–water partition coefficient (Wildman–Crippen LogP) is 4.24. The van der Waals surface area contributed by atoms with E-state index in [0.717, 1.165) is 24.8 Å². The first-order valence-electron chi connectivity index (χ1n) is 10.8. The first-order valence-corrected chi connectivity index (χ1v) is 11.2. The van der Waals surface area contributed by atoms with Crippen LogP contribution in [0.5, 0.6) is 0 Å². The molecule has 1 aromatic rings. The van der Waals surface area contributed by atoms with Crippen LogP contribution in [0.3, 0.4) is 0 Å². The van der Waals surface area contributed by atoms with E-state index in [-0.39, 0.29) is 17.6 Å². The molecule has 2 fully saturated rings. The Labute approximate surface area is 183 Å². The molecule has 0 spiro atoms. The number of likely N-dealkylation sites (tertiary alicyclic amines) is 1. The highest BCUT2D eigenvalue weighted by atomic mass is 35.5. The van der Waals surface area contributed by atoms with E-state index in [1.54, 1.807) is 17.0 Å². The molecule has 6 nitrogen and oxygen atoms in total. The number of carbonyl (C=O) groups excluding carboxylic acids is 2. The van der Waals surface area contributed by atoms with Crippen molar-refractivity contribution in [3.63, 3.8) is 0 Å². The van der Waals surface area contributed by atoms with Gasteiger partial charge in [0.15, 0.2) is 0 Å². The van der Waals surface area contributed by atoms with Gasteiger partial charge in [0.05, 0.1) is 18.1 Å². The number of carbonyl (C=O) groups is 2. The standard InChI is InChI=1S/C23H33ClN2O4/c1-22(2,3)25-21(28)30-18-10-13-26(15-18)20(27)19(16-8-7-9-17(24)14-16)23(29)11-5-4-6-12-23/h7-9,14,18-19,29H,4-6,10-13,15H2,1-3H3,(H,25,28)/t18-,19?/m1/s1. The summed E-state index contributed by atoms with van der Waals surface area (Å²) in [7, 11) is 0. The third-order valence-electron chi connectivity index (χ3n) is 5.89. The molecule has 0 bridgehead atoms. The second-order valence-electron chi connectivity index (χ2n) is 9.63. The number of hydrogen-bond acceptors (Lipinski definition) is 4. The molecule has 2 atom stereocenters. The molecular formula is C23H33ClN2O4. The summed E-state index contributed by atoms with van der Waals surface area (Å²) in [4.78, 5) is 27.4. The van der Waals surface area contributed by atoms with Gasteiger partial charge in [-0.3, -0.25) is 4.79 Å². The third kappa shape index (κ3) is 5.67. The van der Waals surface area contributed by atoms with Gasteiger partial charge in [-0.05, 0) is 51.3 Å². The molecule has 0 radical (unpaired) electrons. The number of hydrogen-bond donors (Lipinski definition) is 2. The number of ether oxygens (including phenoxy) is 1. The normalized spacial score (nSPS) is 22.4. The highest BCUT2D eigenvalue weighted by molar-refractivity contribution is 6.30. The Morgan fingerprint density at radius 2 is 1.97 bits per heavy atom. The van der Waals surface area contributed by atoms with Gasteiger partial charge in [0.1, 0.15) is 6.10 Å². The Bertz CT molecular complexity index is 771. The molecule has 3 rings (SSSR count). The number of alkyl carbamates (subject to hydrolysis) is 1. The summed E-state index contributed by atoms with van der Waals surface area (Å²) in [5.74, 6) is -0.789. The Hall–Kier alpha value is -1.79. The van der Waals surface area contributed by atoms with Gasteiger partial charge in [0, 0.05) is 23.5 Å². The van der Waals surface area contributed by atoms with E-state index in [2.05, 4.69) is 5.32 Å². The number of nitrogens with one attached hydrogen (secondary N) is 1. The Balaban J connectivity index is 1.75. The number of aliphatic hydroxyl groups is 1. The molecule has 1 aromatic carbocycles. The summed E-state index contributed by atoms with van der Waals surface area (Å²) < 4.78 is 5.52. The van der Waals surface area contributed by atoms with Gasteiger partial charge in [0.25, 0.3) is 0 Å². The fourth-order valence-electron chi connectivity index (χ4n) is 4.52. The molecule has 0 aromatic heterocycles. The van der Waals surface area contributed by atoms with Crippen LogP contribution in [0.1, 0.15) is 70.8 Å². The zero-order valence-corrected chi connectivity index (χ0v) is 18.9. The number of rotatable bonds is 4. The van der Waals surface area contributed by atoms with Crippen LogP contribution in [0, 0.1) is 0 Å². The van der Waals surface area contributed by atoms with Crippen molar-refractivity contribution in [3.05, 3.63) is 34.9 Å². The number of benzene rings is 1. The van der Waals surface area contributed by atoms with E-state index >= 15 is 0 Å². The number of nitrogens with zero attached hydrogens (tertiary/aromatic N) is 1. The maximum absolute atomic E-state index is 13.6. The molecule has 1 heterocycles. The monoisotopic (exact) mass is 436 g/mol. The van der Waals surface area contributed by atoms with Crippen LogP contribution in [0.4, 0.5) is 4.79 Å². The second-order valence-corrected chi connectivity index (χ2v) is 10.1. The second kappa shape index (κ2) is 9.15. The maximum atomic E-state index is 13.6. The van der Waals surface area contributed by atoms with E-state index in [9.17, 15) is 14.7 Å². The summed E-state index contributed by atoms with van der Waals surface area (Å²) in [6.07, 6.45) is 3.83. The van der Waals surface area contributed by atoms with E-state index in [4.69, 9.17) is 16.3 Å². The summed E-state index contributed by atoms with van der Waals surface area (Å²) >= 11 is 6.20. The van der Waals surface area contributed by atoms with Crippen LogP contribution >= 0.6 is 11.6 Å². The molecule has 30 heavy (non-hydrogen) atoms. The van der Waals surface area contributed by atoms with Gasteiger partial charge in [-0.2, -0.15) is 0 Å². The van der Waals surface area contributed by atoms with Crippen molar-refractivity contribution in [1.29, 1.82) is 0 Å². The lowest BCUT2D eigenvalue weighted by atomic mass is 9.72. The van der Waals surface area contributed by atoms with Crippen LogP contribution in [0.2, 0.25) is 5.02 Å². The molecular weight excluding hydrogens is 404 g/mol. The molecule has 7 heteroatoms. The lowest BCUT2D eigenvalue weighted by Crippen LogP contribution is -2.48. The van der Waals surface area contributed by atoms with Crippen LogP contribution in [-0.4, -0.2) is 52.3 Å². The number of amides is 2. The molecule has 1 aliphatic carbocycles. The van der Waals surface area contributed by atoms with E-state index in [0.29, 0.717) is 37.4 Å². The van der Waals surface area contributed by atoms with Gasteiger partial charge in [-0.15, -0.1) is 0 Å². The van der Waals surface area contributed by atoms with Gasteiger partial charge >= 0.3 is 6.09 Å². The van der Waals surface area contributed by atoms with Crippen LogP contribution in [-0.2, 0) is 9.53 Å². The molecule has 1 saturated heterocycles. The van der Waals surface area contributed by atoms with Crippen molar-refractivity contribution < 1.29 is 19.4 Å². The summed E-state index contributed by atoms with van der Waals surface area (Å²) in [5.41, 5.74) is -0.720. The van der Waals surface area contributed by atoms with Crippen molar-refractivity contribution in [2.75, 3.05) is 13.1 Å². The Morgan fingerprint density at radius 1 is 1.27 bits per heavy atom. The topological polar surface area (TPSA) is 78.9 Å². The quantitative estimate of drug-likeness (QED) is 0.739. The maximum Gasteiger partial charge on any atom is 0.407 e. The number of halogens is 1. The van der Waals surface area contributed by atoms with E-state index in [1.165, 1.54) is 0 Å². The van der Waals surface area contributed by atoms with Crippen LogP contribution in [0.15, 0.2) is 24.3 Å². The molecule has 1 saturated carbocycles. The third-order valence-corrected chi connectivity index (χ3v) is 6.13. The fraction of sp³-hybridized carbons (Fsp3) is 0.652. The van der Waals surface area contributed by atoms with Crippen LogP contribution in [0.25, 0.3) is 0 Å². The van der Waals surface area contributed by atoms with Gasteiger partial charge in [0.2, 0.25) is 5.91 Å². The highest BCUT2D eigenvalue weighted by Crippen LogP contribution is 2.42. The predicted molar refractivity (Wildman–Crippen MR) is 117 cm³/mol. The summed E-state index contributed by atoms with van der Waals surface area (Å²) in [6, 6.07) is 7.22. The van der Waals surface area contributed by atoms with Gasteiger partial charge in [-0.25, -0.2) is 4.79 Å². The molecule has 2 aliphatic rings. The van der Waals surface area contributed by atoms with E-state index < -0.39 is 17.6 Å². The van der Waals surface area contributed by atoms with Crippen LogP contribution < -0.4 is 5.32 Å².